The molecule has 10 heteroatoms. The van der Waals surface area contributed by atoms with E-state index in [-0.39, 0.29) is 5.91 Å². The summed E-state index contributed by atoms with van der Waals surface area (Å²) in [6.45, 7) is 8.09. The van der Waals surface area contributed by atoms with Gasteiger partial charge in [-0.1, -0.05) is 6.42 Å². The number of thioether (sulfide) groups is 1. The number of morpholine rings is 1. The molecule has 2 N–H and O–H groups in total. The van der Waals surface area contributed by atoms with Gasteiger partial charge in [-0.25, -0.2) is 9.98 Å². The van der Waals surface area contributed by atoms with Crippen LogP contribution >= 0.6 is 23.1 Å². The Bertz CT molecular complexity index is 1100. The molecule has 0 bridgehead atoms. The number of carbonyl (C=O) groups is 1. The van der Waals surface area contributed by atoms with Crippen molar-refractivity contribution in [3.63, 3.8) is 0 Å². The molecule has 0 radical (unpaired) electrons. The van der Waals surface area contributed by atoms with Crippen LogP contribution in [0.5, 0.6) is 5.75 Å². The van der Waals surface area contributed by atoms with Gasteiger partial charge in [0.15, 0.2) is 5.17 Å². The third-order valence-corrected chi connectivity index (χ3v) is 8.21. The van der Waals surface area contributed by atoms with Gasteiger partial charge in [0.25, 0.3) is 5.91 Å². The minimum absolute atomic E-state index is 0.125. The number of carbonyl (C=O) groups excluding carboxylic acids is 1. The molecule has 0 saturated carbocycles. The number of amidine groups is 1. The summed E-state index contributed by atoms with van der Waals surface area (Å²) in [4.78, 5) is 25.8. The highest BCUT2D eigenvalue weighted by molar-refractivity contribution is 8.18. The van der Waals surface area contributed by atoms with Crippen LogP contribution in [0.4, 0.5) is 5.69 Å². The van der Waals surface area contributed by atoms with Crippen molar-refractivity contribution in [2.24, 2.45) is 4.99 Å². The van der Waals surface area contributed by atoms with Crippen LogP contribution < -0.4 is 15.4 Å². The van der Waals surface area contributed by atoms with E-state index in [1.54, 1.807) is 11.3 Å². The number of amides is 1. The van der Waals surface area contributed by atoms with Gasteiger partial charge in [-0.3, -0.25) is 9.69 Å². The molecule has 1 unspecified atom stereocenters. The largest absolute Gasteiger partial charge is 0.492 e. The highest BCUT2D eigenvalue weighted by Crippen LogP contribution is 2.33. The predicted molar refractivity (Wildman–Crippen MR) is 141 cm³/mol. The number of nitrogens with zero attached hydrogens (tertiary/aromatic N) is 3. The van der Waals surface area contributed by atoms with Crippen LogP contribution in [-0.2, 0) is 9.53 Å². The summed E-state index contributed by atoms with van der Waals surface area (Å²) in [5.74, 6) is 0.706. The number of hydrogen-bond acceptors (Lipinski definition) is 9. The smallest absolute Gasteiger partial charge is 0.264 e. The zero-order chi connectivity index (χ0) is 24.0. The van der Waals surface area contributed by atoms with Crippen molar-refractivity contribution < 1.29 is 14.3 Å². The quantitative estimate of drug-likeness (QED) is 0.544. The van der Waals surface area contributed by atoms with Crippen molar-refractivity contribution in [1.29, 1.82) is 0 Å². The summed E-state index contributed by atoms with van der Waals surface area (Å²) in [6.07, 6.45) is 7.33. The van der Waals surface area contributed by atoms with Crippen molar-refractivity contribution in [3.05, 3.63) is 44.7 Å². The third-order valence-electron chi connectivity index (χ3n) is 6.24. The van der Waals surface area contributed by atoms with Crippen LogP contribution in [0.25, 0.3) is 6.08 Å². The van der Waals surface area contributed by atoms with E-state index in [4.69, 9.17) is 9.47 Å². The van der Waals surface area contributed by atoms with Crippen molar-refractivity contribution in [3.8, 4) is 5.75 Å². The van der Waals surface area contributed by atoms with Gasteiger partial charge in [0.1, 0.15) is 17.4 Å². The Kier molecular flexibility index (Phi) is 8.15. The molecule has 3 aliphatic heterocycles. The lowest BCUT2D eigenvalue weighted by molar-refractivity contribution is -0.115. The van der Waals surface area contributed by atoms with E-state index < -0.39 is 0 Å². The molecule has 3 saturated heterocycles. The molecule has 1 amide bonds. The number of nitrogens with one attached hydrogen (secondary N) is 2. The zero-order valence-electron chi connectivity index (χ0n) is 19.9. The highest BCUT2D eigenvalue weighted by atomic mass is 32.2. The Morgan fingerprint density at radius 1 is 1.31 bits per heavy atom. The number of hydrogen-bond donors (Lipinski definition) is 2. The number of aromatic nitrogens is 1. The van der Waals surface area contributed by atoms with Crippen LogP contribution in [0.15, 0.2) is 34.3 Å². The Hall–Kier alpha value is -2.24. The fourth-order valence-electron chi connectivity index (χ4n) is 4.27. The number of benzene rings is 1. The van der Waals surface area contributed by atoms with Gasteiger partial charge in [0, 0.05) is 30.7 Å². The zero-order valence-corrected chi connectivity index (χ0v) is 21.6. The maximum absolute atomic E-state index is 12.5. The van der Waals surface area contributed by atoms with Gasteiger partial charge in [-0.15, -0.1) is 11.3 Å². The summed E-state index contributed by atoms with van der Waals surface area (Å²) in [6, 6.07) is 6.20. The van der Waals surface area contributed by atoms with Crippen LogP contribution in [0.2, 0.25) is 0 Å². The van der Waals surface area contributed by atoms with E-state index >= 15 is 0 Å². The van der Waals surface area contributed by atoms with E-state index in [1.807, 2.05) is 37.4 Å². The average Bonchev–Trinajstić information content (AvgIpc) is 3.48. The minimum Gasteiger partial charge on any atom is -0.492 e. The molecule has 1 atom stereocenters. The monoisotopic (exact) mass is 513 g/mol. The number of thiazole rings is 1. The van der Waals surface area contributed by atoms with Crippen LogP contribution in [0.1, 0.15) is 40.8 Å². The van der Waals surface area contributed by atoms with Crippen molar-refractivity contribution in [1.82, 2.24) is 20.5 Å². The summed E-state index contributed by atoms with van der Waals surface area (Å²) >= 11 is 3.01. The van der Waals surface area contributed by atoms with E-state index in [0.717, 1.165) is 72.7 Å². The van der Waals surface area contributed by atoms with Gasteiger partial charge in [-0.2, -0.15) is 0 Å². The Balaban J connectivity index is 1.18. The van der Waals surface area contributed by atoms with E-state index in [2.05, 4.69) is 25.5 Å². The standard InChI is InChI=1S/C25H31N5O3S2/c1-17-14-18(33-13-10-30-8-11-32-12-9-30)5-6-20(17)28-25-29-23(31)22(35-25)15-19-16-27-24(34-19)21-4-2-3-7-26-21/h5-6,14-16,21,26H,2-4,7-13H2,1H3,(H,28,29,31)/b22-15-. The highest BCUT2D eigenvalue weighted by Gasteiger charge is 2.25. The van der Waals surface area contributed by atoms with Gasteiger partial charge < -0.3 is 20.1 Å². The van der Waals surface area contributed by atoms with Gasteiger partial charge >= 0.3 is 0 Å². The number of rotatable bonds is 7. The molecule has 0 spiro atoms. The fraction of sp³-hybridized carbons (Fsp3) is 0.480. The van der Waals surface area contributed by atoms with Crippen molar-refractivity contribution >= 4 is 45.9 Å². The number of aryl methyl sites for hydroxylation is 1. The maximum atomic E-state index is 12.5. The van der Waals surface area contributed by atoms with Crippen LogP contribution in [0.3, 0.4) is 0 Å². The molecule has 3 fully saturated rings. The van der Waals surface area contributed by atoms with E-state index in [1.165, 1.54) is 24.6 Å². The van der Waals surface area contributed by atoms with Crippen LogP contribution in [-0.4, -0.2) is 67.0 Å². The first kappa shape index (κ1) is 24.5. The first-order chi connectivity index (χ1) is 17.1. The second kappa shape index (κ2) is 11.7. The Morgan fingerprint density at radius 3 is 3.00 bits per heavy atom. The fourth-order valence-corrected chi connectivity index (χ4v) is 6.14. The summed E-state index contributed by atoms with van der Waals surface area (Å²) in [7, 11) is 0. The summed E-state index contributed by atoms with van der Waals surface area (Å²) in [5.41, 5.74) is 1.82. The molecule has 8 nitrogen and oxygen atoms in total. The van der Waals surface area contributed by atoms with E-state index in [0.29, 0.717) is 22.7 Å². The number of piperidine rings is 1. The minimum atomic E-state index is -0.125. The molecule has 0 aliphatic carbocycles. The molecule has 3 aliphatic rings. The molecule has 1 aromatic carbocycles. The first-order valence-corrected chi connectivity index (χ1v) is 13.8. The first-order valence-electron chi connectivity index (χ1n) is 12.2. The summed E-state index contributed by atoms with van der Waals surface area (Å²) in [5, 5.41) is 8.10. The summed E-state index contributed by atoms with van der Waals surface area (Å²) < 4.78 is 11.3. The molecular weight excluding hydrogens is 482 g/mol. The molecule has 35 heavy (non-hydrogen) atoms. The van der Waals surface area contributed by atoms with Gasteiger partial charge in [-0.05, 0) is 67.9 Å². The Labute approximate surface area is 214 Å². The number of ether oxygens (including phenoxy) is 2. The second-order valence-corrected chi connectivity index (χ2v) is 11.0. The number of aliphatic imine (C=N–C) groups is 1. The van der Waals surface area contributed by atoms with Gasteiger partial charge in [0.05, 0.1) is 29.8 Å². The molecule has 4 heterocycles. The average molecular weight is 514 g/mol. The molecule has 186 valence electrons. The predicted octanol–water partition coefficient (Wildman–Crippen LogP) is 3.87. The Morgan fingerprint density at radius 2 is 2.20 bits per heavy atom. The second-order valence-electron chi connectivity index (χ2n) is 8.84. The lowest BCUT2D eigenvalue weighted by Gasteiger charge is -2.26. The molecular formula is C25H31N5O3S2. The topological polar surface area (TPSA) is 88.1 Å². The van der Waals surface area contributed by atoms with Crippen LogP contribution in [0, 0.1) is 6.92 Å². The lowest BCUT2D eigenvalue weighted by Crippen LogP contribution is -2.38. The van der Waals surface area contributed by atoms with Crippen molar-refractivity contribution in [2.45, 2.75) is 32.2 Å². The molecule has 2 aromatic rings. The lowest BCUT2D eigenvalue weighted by atomic mass is 10.1. The van der Waals surface area contributed by atoms with E-state index in [9.17, 15) is 4.79 Å². The molecule has 1 aromatic heterocycles. The van der Waals surface area contributed by atoms with Gasteiger partial charge in [0.2, 0.25) is 0 Å². The maximum Gasteiger partial charge on any atom is 0.264 e. The van der Waals surface area contributed by atoms with Crippen molar-refractivity contribution in [2.75, 3.05) is 46.0 Å². The normalized spacial score (nSPS) is 23.7. The SMILES string of the molecule is Cc1cc(OCCN2CCOCC2)ccc1/N=C1/NC(=O)/C(=C/c2cnc(C3CCCCN3)s2)S1. The third kappa shape index (κ3) is 6.50. The molecule has 5 rings (SSSR count).